The molecule has 0 saturated heterocycles. The molecule has 0 saturated carbocycles. The predicted molar refractivity (Wildman–Crippen MR) is 129 cm³/mol. The minimum Gasteiger partial charge on any atom is -0.352 e. The van der Waals surface area contributed by atoms with Crippen molar-refractivity contribution in [1.82, 2.24) is 31.3 Å². The highest BCUT2D eigenvalue weighted by Crippen LogP contribution is 2.46. The summed E-state index contributed by atoms with van der Waals surface area (Å²) in [4.78, 5) is 25.1. The molecule has 1 heterocycles. The molecule has 0 bridgehead atoms. The van der Waals surface area contributed by atoms with Crippen LogP contribution in [0.4, 0.5) is 0 Å². The first-order valence-electron chi connectivity index (χ1n) is 11.7. The van der Waals surface area contributed by atoms with Gasteiger partial charge in [-0.2, -0.15) is 5.21 Å². The third-order valence-electron chi connectivity index (χ3n) is 6.35. The third kappa shape index (κ3) is 4.19. The van der Waals surface area contributed by atoms with Crippen LogP contribution in [0.5, 0.6) is 0 Å². The molecule has 0 fully saturated rings. The Labute approximate surface area is 198 Å². The average Bonchev–Trinajstić information content (AvgIpc) is 3.33. The molecule has 0 aliphatic heterocycles. The molecule has 2 aromatic carbocycles. The second kappa shape index (κ2) is 9.72. The van der Waals surface area contributed by atoms with Crippen LogP contribution >= 0.6 is 0 Å². The van der Waals surface area contributed by atoms with Gasteiger partial charge >= 0.3 is 0 Å². The third-order valence-corrected chi connectivity index (χ3v) is 6.35. The lowest BCUT2D eigenvalue weighted by Crippen LogP contribution is -2.38. The Morgan fingerprint density at radius 3 is 1.94 bits per heavy atom. The summed E-state index contributed by atoms with van der Waals surface area (Å²) >= 11 is 0. The van der Waals surface area contributed by atoms with E-state index in [0.717, 1.165) is 22.3 Å². The van der Waals surface area contributed by atoms with E-state index >= 15 is 0 Å². The summed E-state index contributed by atoms with van der Waals surface area (Å²) in [7, 11) is 0. The molecule has 1 atom stereocenters. The first kappa shape index (κ1) is 23.6. The lowest BCUT2D eigenvalue weighted by atomic mass is 9.68. The molecule has 1 aliphatic rings. The highest BCUT2D eigenvalue weighted by molar-refractivity contribution is 5.95. The summed E-state index contributed by atoms with van der Waals surface area (Å²) in [5.41, 5.74) is 10.9. The summed E-state index contributed by atoms with van der Waals surface area (Å²) in [6.45, 7) is 6.86. The topological polar surface area (TPSA) is 139 Å². The number of aromatic nitrogens is 4. The van der Waals surface area contributed by atoms with Gasteiger partial charge < -0.3 is 16.4 Å². The fourth-order valence-electron chi connectivity index (χ4n) is 5.03. The number of hydrogen-bond acceptors (Lipinski definition) is 6. The number of rotatable bonds is 7. The molecule has 34 heavy (non-hydrogen) atoms. The Morgan fingerprint density at radius 1 is 1.00 bits per heavy atom. The van der Waals surface area contributed by atoms with Gasteiger partial charge in [0.2, 0.25) is 0 Å². The summed E-state index contributed by atoms with van der Waals surface area (Å²) in [6, 6.07) is 11.4. The van der Waals surface area contributed by atoms with Gasteiger partial charge in [0.25, 0.3) is 11.8 Å². The first-order chi connectivity index (χ1) is 16.4. The van der Waals surface area contributed by atoms with Gasteiger partial charge in [-0.05, 0) is 86.6 Å². The second-order valence-electron chi connectivity index (χ2n) is 8.78. The average molecular weight is 462 g/mol. The Hall–Kier alpha value is -3.59. The zero-order chi connectivity index (χ0) is 24.3. The van der Waals surface area contributed by atoms with E-state index in [1.54, 1.807) is 0 Å². The number of tetrazole rings is 1. The molecule has 3 aromatic rings. The van der Waals surface area contributed by atoms with Gasteiger partial charge in [-0.3, -0.25) is 9.59 Å². The number of nitrogens with one attached hydrogen (secondary N) is 3. The Balaban J connectivity index is 1.96. The normalized spacial score (nSPS) is 14.9. The van der Waals surface area contributed by atoms with E-state index < -0.39 is 5.41 Å². The van der Waals surface area contributed by atoms with Crippen LogP contribution in [0.2, 0.25) is 0 Å². The van der Waals surface area contributed by atoms with Gasteiger partial charge in [-0.1, -0.05) is 17.3 Å². The maximum atomic E-state index is 12.6. The fourth-order valence-corrected chi connectivity index (χ4v) is 5.03. The highest BCUT2D eigenvalue weighted by atomic mass is 16.2. The first-order valence-corrected chi connectivity index (χ1v) is 11.7. The fraction of sp³-hybridized carbons (Fsp3) is 0.400. The maximum absolute atomic E-state index is 12.6. The number of hydrogen-bond donors (Lipinski definition) is 4. The molecule has 1 aromatic heterocycles. The predicted octanol–water partition coefficient (Wildman–Crippen LogP) is 1.87. The van der Waals surface area contributed by atoms with Crippen molar-refractivity contribution in [3.05, 3.63) is 75.6 Å². The molecule has 4 rings (SSSR count). The number of amides is 2. The van der Waals surface area contributed by atoms with E-state index in [1.165, 1.54) is 0 Å². The van der Waals surface area contributed by atoms with Crippen molar-refractivity contribution in [3.63, 3.8) is 0 Å². The Kier molecular flexibility index (Phi) is 6.74. The summed E-state index contributed by atoms with van der Waals surface area (Å²) < 4.78 is 0. The highest BCUT2D eigenvalue weighted by Gasteiger charge is 2.45. The standard InChI is InChI=1S/C25H31N7O2/c1-4-27-22(33)18-8-10-20-16(12-18)6-7-17-13-19(23(34)28-5-2)9-11-21(17)25(20,14-15(3)26)24-29-31-32-30-24/h8-13,15H,4-7,14,26H2,1-3H3,(H,27,33)(H,28,34)(H,29,30,31,32)/t15-/m1/s1. The molecule has 0 spiro atoms. The molecule has 5 N–H and O–H groups in total. The lowest BCUT2D eigenvalue weighted by molar-refractivity contribution is 0.0947. The van der Waals surface area contributed by atoms with E-state index in [-0.39, 0.29) is 17.9 Å². The zero-order valence-electron chi connectivity index (χ0n) is 19.8. The van der Waals surface area contributed by atoms with Gasteiger partial charge in [-0.25, -0.2) is 0 Å². The quantitative estimate of drug-likeness (QED) is 0.424. The summed E-state index contributed by atoms with van der Waals surface area (Å²) in [6.07, 6.45) is 1.94. The van der Waals surface area contributed by atoms with Crippen molar-refractivity contribution in [2.45, 2.75) is 51.5 Å². The van der Waals surface area contributed by atoms with Gasteiger partial charge in [0.15, 0.2) is 5.82 Å². The van der Waals surface area contributed by atoms with Crippen molar-refractivity contribution >= 4 is 11.8 Å². The largest absolute Gasteiger partial charge is 0.352 e. The van der Waals surface area contributed by atoms with Crippen molar-refractivity contribution < 1.29 is 9.59 Å². The van der Waals surface area contributed by atoms with E-state index in [2.05, 4.69) is 31.3 Å². The molecule has 9 nitrogen and oxygen atoms in total. The van der Waals surface area contributed by atoms with Crippen LogP contribution < -0.4 is 16.4 Å². The molecule has 1 aliphatic carbocycles. The van der Waals surface area contributed by atoms with E-state index in [9.17, 15) is 9.59 Å². The van der Waals surface area contributed by atoms with Crippen LogP contribution in [0.1, 0.15) is 76.0 Å². The molecule has 9 heteroatoms. The zero-order valence-corrected chi connectivity index (χ0v) is 19.8. The van der Waals surface area contributed by atoms with Gasteiger partial charge in [-0.15, -0.1) is 10.2 Å². The number of benzene rings is 2. The van der Waals surface area contributed by atoms with Crippen LogP contribution in [-0.4, -0.2) is 51.6 Å². The van der Waals surface area contributed by atoms with E-state index in [4.69, 9.17) is 5.73 Å². The lowest BCUT2D eigenvalue weighted by Gasteiger charge is -2.35. The van der Waals surface area contributed by atoms with Gasteiger partial charge in [0.1, 0.15) is 0 Å². The smallest absolute Gasteiger partial charge is 0.251 e. The second-order valence-corrected chi connectivity index (χ2v) is 8.78. The van der Waals surface area contributed by atoms with E-state index in [1.807, 2.05) is 57.2 Å². The van der Waals surface area contributed by atoms with Gasteiger partial charge in [0.05, 0.1) is 5.41 Å². The van der Waals surface area contributed by atoms with Gasteiger partial charge in [0, 0.05) is 30.3 Å². The summed E-state index contributed by atoms with van der Waals surface area (Å²) in [5, 5.41) is 21.0. The van der Waals surface area contributed by atoms with Crippen LogP contribution in [0.3, 0.4) is 0 Å². The Bertz CT molecular complexity index is 1120. The molecule has 0 unspecified atom stereocenters. The van der Waals surface area contributed by atoms with Crippen molar-refractivity contribution in [1.29, 1.82) is 0 Å². The van der Waals surface area contributed by atoms with Crippen molar-refractivity contribution in [2.75, 3.05) is 13.1 Å². The monoisotopic (exact) mass is 461 g/mol. The number of aromatic amines is 1. The number of aryl methyl sites for hydroxylation is 2. The van der Waals surface area contributed by atoms with Crippen LogP contribution in [0, 0.1) is 0 Å². The molecule has 178 valence electrons. The molecule has 2 amide bonds. The minimum atomic E-state index is -0.776. The number of carbonyl (C=O) groups is 2. The number of fused-ring (bicyclic) bond motifs is 2. The Morgan fingerprint density at radius 2 is 1.53 bits per heavy atom. The maximum Gasteiger partial charge on any atom is 0.251 e. The number of nitrogens with two attached hydrogens (primary N) is 1. The van der Waals surface area contributed by atoms with Crippen LogP contribution in [0.25, 0.3) is 0 Å². The molecular weight excluding hydrogens is 430 g/mol. The number of nitrogens with zero attached hydrogens (tertiary/aromatic N) is 3. The van der Waals surface area contributed by atoms with Crippen LogP contribution in [-0.2, 0) is 18.3 Å². The molecular formula is C25H31N7O2. The van der Waals surface area contributed by atoms with Crippen LogP contribution in [0.15, 0.2) is 36.4 Å². The van der Waals surface area contributed by atoms with Crippen molar-refractivity contribution in [2.24, 2.45) is 5.73 Å². The number of H-pyrrole nitrogens is 1. The SMILES string of the molecule is CCNC(=O)c1ccc2c(c1)CCc1cc(C(=O)NCC)ccc1C2(C[C@@H](C)N)c1nn[nH]n1. The van der Waals surface area contributed by atoms with Crippen molar-refractivity contribution in [3.8, 4) is 0 Å². The summed E-state index contributed by atoms with van der Waals surface area (Å²) in [5.74, 6) is 0.302. The molecule has 0 radical (unpaired) electrons. The number of carbonyl (C=O) groups excluding carboxylic acids is 2. The minimum absolute atomic E-state index is 0.108. The van der Waals surface area contributed by atoms with E-state index in [0.29, 0.717) is 49.3 Å².